The van der Waals surface area contributed by atoms with Gasteiger partial charge in [-0.15, -0.1) is 0 Å². The highest BCUT2D eigenvalue weighted by molar-refractivity contribution is 6.33. The second-order valence-electron chi connectivity index (χ2n) is 3.60. The zero-order chi connectivity index (χ0) is 12.3. The lowest BCUT2D eigenvalue weighted by Crippen LogP contribution is -1.85. The molecular weight excluding hydrogens is 236 g/mol. The maximum atomic E-state index is 10.6. The normalized spacial score (nSPS) is 9.94. The molecule has 0 heterocycles. The molecule has 0 aliphatic heterocycles. The molecule has 0 saturated heterocycles. The summed E-state index contributed by atoms with van der Waals surface area (Å²) in [6, 6.07) is 12.2. The number of hydrogen-bond acceptors (Lipinski definition) is 2. The highest BCUT2D eigenvalue weighted by atomic mass is 35.5. The Bertz CT molecular complexity index is 559. The third-order valence-electron chi connectivity index (χ3n) is 2.49. The van der Waals surface area contributed by atoms with E-state index >= 15 is 0 Å². The average Bonchev–Trinajstić information content (AvgIpc) is 2.39. The number of carbonyl (C=O) groups is 2. The summed E-state index contributed by atoms with van der Waals surface area (Å²) in [6.07, 6.45) is 1.55. The van der Waals surface area contributed by atoms with Crippen LogP contribution in [0.2, 0.25) is 5.02 Å². The van der Waals surface area contributed by atoms with Crippen LogP contribution in [-0.4, -0.2) is 12.6 Å². The molecule has 84 valence electrons. The minimum Gasteiger partial charge on any atom is -0.298 e. The van der Waals surface area contributed by atoms with Gasteiger partial charge in [-0.3, -0.25) is 9.59 Å². The lowest BCUT2D eigenvalue weighted by molar-refractivity contribution is 0.111. The molecule has 2 aromatic carbocycles. The van der Waals surface area contributed by atoms with Gasteiger partial charge in [-0.25, -0.2) is 0 Å². The Labute approximate surface area is 104 Å². The zero-order valence-corrected chi connectivity index (χ0v) is 9.65. The van der Waals surface area contributed by atoms with Crippen LogP contribution in [0.25, 0.3) is 11.1 Å². The van der Waals surface area contributed by atoms with Crippen LogP contribution in [-0.2, 0) is 0 Å². The van der Waals surface area contributed by atoms with E-state index in [1.54, 1.807) is 30.3 Å². The van der Waals surface area contributed by atoms with E-state index in [2.05, 4.69) is 0 Å². The van der Waals surface area contributed by atoms with Crippen molar-refractivity contribution < 1.29 is 9.59 Å². The van der Waals surface area contributed by atoms with E-state index in [4.69, 9.17) is 11.6 Å². The molecule has 0 radical (unpaired) electrons. The second-order valence-corrected chi connectivity index (χ2v) is 4.00. The van der Waals surface area contributed by atoms with Crippen molar-refractivity contribution in [2.45, 2.75) is 0 Å². The molecule has 0 aliphatic rings. The number of benzene rings is 2. The summed E-state index contributed by atoms with van der Waals surface area (Å²) in [6.45, 7) is 0. The van der Waals surface area contributed by atoms with Crippen molar-refractivity contribution >= 4 is 24.2 Å². The monoisotopic (exact) mass is 244 g/mol. The van der Waals surface area contributed by atoms with Crippen molar-refractivity contribution in [3.05, 3.63) is 58.6 Å². The molecule has 0 fully saturated rings. The summed E-state index contributed by atoms with van der Waals surface area (Å²) in [5, 5.41) is 0.522. The van der Waals surface area contributed by atoms with Gasteiger partial charge >= 0.3 is 0 Å². The Morgan fingerprint density at radius 1 is 0.824 bits per heavy atom. The minimum atomic E-state index is 0.522. The van der Waals surface area contributed by atoms with Gasteiger partial charge in [-0.1, -0.05) is 48.0 Å². The van der Waals surface area contributed by atoms with Crippen LogP contribution in [0.3, 0.4) is 0 Å². The van der Waals surface area contributed by atoms with Gasteiger partial charge in [0.05, 0.1) is 0 Å². The first-order valence-electron chi connectivity index (χ1n) is 5.05. The molecule has 0 unspecified atom stereocenters. The van der Waals surface area contributed by atoms with E-state index in [-0.39, 0.29) is 0 Å². The molecule has 0 spiro atoms. The Morgan fingerprint density at radius 3 is 1.94 bits per heavy atom. The van der Waals surface area contributed by atoms with E-state index in [9.17, 15) is 9.59 Å². The van der Waals surface area contributed by atoms with Gasteiger partial charge in [0.2, 0.25) is 0 Å². The molecule has 3 heteroatoms. The minimum absolute atomic E-state index is 0.522. The third-order valence-corrected chi connectivity index (χ3v) is 2.80. The maximum Gasteiger partial charge on any atom is 0.150 e. The lowest BCUT2D eigenvalue weighted by atomic mass is 10.0. The number of halogens is 1. The van der Waals surface area contributed by atoms with Gasteiger partial charge in [0, 0.05) is 21.7 Å². The quantitative estimate of drug-likeness (QED) is 0.773. The van der Waals surface area contributed by atoms with E-state index < -0.39 is 0 Å². The molecule has 0 aromatic heterocycles. The summed E-state index contributed by atoms with van der Waals surface area (Å²) < 4.78 is 0. The van der Waals surface area contributed by atoms with Crippen LogP contribution in [0.5, 0.6) is 0 Å². The fourth-order valence-corrected chi connectivity index (χ4v) is 1.88. The van der Waals surface area contributed by atoms with Gasteiger partial charge in [-0.2, -0.15) is 0 Å². The maximum absolute atomic E-state index is 10.6. The summed E-state index contributed by atoms with van der Waals surface area (Å²) >= 11 is 6.09. The Kier molecular flexibility index (Phi) is 3.35. The van der Waals surface area contributed by atoms with Gasteiger partial charge in [-0.05, 0) is 11.6 Å². The van der Waals surface area contributed by atoms with Gasteiger partial charge in [0.1, 0.15) is 12.6 Å². The van der Waals surface area contributed by atoms with E-state index in [0.29, 0.717) is 16.1 Å². The third kappa shape index (κ3) is 2.43. The fraction of sp³-hybridized carbons (Fsp3) is 0. The predicted molar refractivity (Wildman–Crippen MR) is 67.7 cm³/mol. The van der Waals surface area contributed by atoms with Crippen LogP contribution in [0.4, 0.5) is 0 Å². The van der Waals surface area contributed by atoms with E-state index in [0.717, 1.165) is 23.7 Å². The van der Waals surface area contributed by atoms with E-state index in [1.165, 1.54) is 0 Å². The van der Waals surface area contributed by atoms with Crippen LogP contribution >= 0.6 is 11.6 Å². The number of carbonyl (C=O) groups excluding carboxylic acids is 2. The zero-order valence-electron chi connectivity index (χ0n) is 8.89. The van der Waals surface area contributed by atoms with Crippen molar-refractivity contribution in [1.29, 1.82) is 0 Å². The number of aldehydes is 2. The molecule has 2 nitrogen and oxygen atoms in total. The Balaban J connectivity index is 2.45. The molecule has 17 heavy (non-hydrogen) atoms. The summed E-state index contributed by atoms with van der Waals surface area (Å²) in [4.78, 5) is 21.1. The standard InChI is InChI=1S/C14H9ClO2/c15-14-7-11(9-17)3-6-13(14)12-4-1-10(8-16)2-5-12/h1-9H. The van der Waals surface area contributed by atoms with Crippen molar-refractivity contribution in [3.8, 4) is 11.1 Å². The fourth-order valence-electron chi connectivity index (χ4n) is 1.58. The summed E-state index contributed by atoms with van der Waals surface area (Å²) in [5.74, 6) is 0. The lowest BCUT2D eigenvalue weighted by Gasteiger charge is -2.05. The first-order valence-corrected chi connectivity index (χ1v) is 5.43. The molecule has 0 aliphatic carbocycles. The van der Waals surface area contributed by atoms with Gasteiger partial charge in [0.25, 0.3) is 0 Å². The first kappa shape index (κ1) is 11.6. The van der Waals surface area contributed by atoms with Crippen LogP contribution in [0.15, 0.2) is 42.5 Å². The number of rotatable bonds is 3. The second kappa shape index (κ2) is 4.93. The molecule has 0 saturated carbocycles. The van der Waals surface area contributed by atoms with Crippen molar-refractivity contribution in [2.24, 2.45) is 0 Å². The molecule has 2 rings (SSSR count). The highest BCUT2D eigenvalue weighted by Gasteiger charge is 2.04. The summed E-state index contributed by atoms with van der Waals surface area (Å²) in [5.41, 5.74) is 2.92. The van der Waals surface area contributed by atoms with Crippen molar-refractivity contribution in [1.82, 2.24) is 0 Å². The molecule has 0 atom stereocenters. The SMILES string of the molecule is O=Cc1ccc(-c2ccc(C=O)cc2Cl)cc1. The molecule has 0 N–H and O–H groups in total. The molecular formula is C14H9ClO2. The molecule has 0 bridgehead atoms. The average molecular weight is 245 g/mol. The highest BCUT2D eigenvalue weighted by Crippen LogP contribution is 2.28. The van der Waals surface area contributed by atoms with E-state index in [1.807, 2.05) is 12.1 Å². The van der Waals surface area contributed by atoms with Crippen LogP contribution < -0.4 is 0 Å². The van der Waals surface area contributed by atoms with Crippen LogP contribution in [0, 0.1) is 0 Å². The first-order chi connectivity index (χ1) is 8.24. The molecule has 2 aromatic rings. The van der Waals surface area contributed by atoms with Gasteiger partial charge < -0.3 is 0 Å². The largest absolute Gasteiger partial charge is 0.298 e. The van der Waals surface area contributed by atoms with Gasteiger partial charge in [0.15, 0.2) is 0 Å². The van der Waals surface area contributed by atoms with Crippen LogP contribution in [0.1, 0.15) is 20.7 Å². The Hall–Kier alpha value is -1.93. The molecule has 0 amide bonds. The number of hydrogen-bond donors (Lipinski definition) is 0. The predicted octanol–water partition coefficient (Wildman–Crippen LogP) is 3.63. The topological polar surface area (TPSA) is 34.1 Å². The smallest absolute Gasteiger partial charge is 0.150 e. The Morgan fingerprint density at radius 2 is 1.41 bits per heavy atom. The van der Waals surface area contributed by atoms with Crippen molar-refractivity contribution in [2.75, 3.05) is 0 Å². The van der Waals surface area contributed by atoms with Crippen molar-refractivity contribution in [3.63, 3.8) is 0 Å². The summed E-state index contributed by atoms with van der Waals surface area (Å²) in [7, 11) is 0.